The Morgan fingerprint density at radius 3 is 2.48 bits per heavy atom. The number of halogens is 1. The zero-order chi connectivity index (χ0) is 14.8. The van der Waals surface area contributed by atoms with Crippen molar-refractivity contribution in [3.8, 4) is 0 Å². The van der Waals surface area contributed by atoms with Crippen molar-refractivity contribution < 1.29 is 14.0 Å². The summed E-state index contributed by atoms with van der Waals surface area (Å²) in [5, 5.41) is 5.61. The molecule has 0 bridgehead atoms. The van der Waals surface area contributed by atoms with E-state index < -0.39 is 0 Å². The molecule has 2 aromatic rings. The van der Waals surface area contributed by atoms with Crippen LogP contribution >= 0.6 is 15.9 Å². The summed E-state index contributed by atoms with van der Waals surface area (Å²) in [6.45, 7) is 0. The SMILES string of the molecule is O=C(Nc1cccc(NC(=O)C2CC2)c1)c1ccoc1Br. The molecule has 0 atom stereocenters. The van der Waals surface area contributed by atoms with Crippen molar-refractivity contribution in [3.05, 3.63) is 46.8 Å². The molecule has 1 heterocycles. The van der Waals surface area contributed by atoms with E-state index >= 15 is 0 Å². The van der Waals surface area contributed by atoms with Crippen molar-refractivity contribution in [3.63, 3.8) is 0 Å². The molecule has 1 aliphatic carbocycles. The summed E-state index contributed by atoms with van der Waals surface area (Å²) in [5.74, 6) is -0.0949. The van der Waals surface area contributed by atoms with Crippen LogP contribution in [0.15, 0.2) is 45.7 Å². The van der Waals surface area contributed by atoms with E-state index in [-0.39, 0.29) is 17.7 Å². The quantitative estimate of drug-likeness (QED) is 0.885. The van der Waals surface area contributed by atoms with E-state index in [9.17, 15) is 9.59 Å². The molecule has 2 N–H and O–H groups in total. The average molecular weight is 349 g/mol. The Morgan fingerprint density at radius 1 is 1.14 bits per heavy atom. The minimum atomic E-state index is -0.277. The van der Waals surface area contributed by atoms with Gasteiger partial charge in [0.1, 0.15) is 0 Å². The highest BCUT2D eigenvalue weighted by molar-refractivity contribution is 9.10. The molecule has 3 rings (SSSR count). The standard InChI is InChI=1S/C15H13BrN2O3/c16-13-12(6-7-21-13)15(20)18-11-3-1-2-10(8-11)17-14(19)9-4-5-9/h1-3,6-9H,4-5H2,(H,17,19)(H,18,20). The smallest absolute Gasteiger partial charge is 0.260 e. The molecular formula is C15H13BrN2O3. The van der Waals surface area contributed by atoms with Gasteiger partial charge in [0.05, 0.1) is 11.8 Å². The van der Waals surface area contributed by atoms with Crippen LogP contribution in [0.1, 0.15) is 23.2 Å². The van der Waals surface area contributed by atoms with E-state index in [0.717, 1.165) is 12.8 Å². The molecule has 1 aromatic carbocycles. The van der Waals surface area contributed by atoms with Crippen molar-refractivity contribution in [1.82, 2.24) is 0 Å². The molecule has 0 spiro atoms. The third-order valence-corrected chi connectivity index (χ3v) is 3.81. The Morgan fingerprint density at radius 2 is 1.86 bits per heavy atom. The van der Waals surface area contributed by atoms with Gasteiger partial charge in [-0.05, 0) is 53.0 Å². The Kier molecular flexibility index (Phi) is 3.79. The van der Waals surface area contributed by atoms with Crippen molar-refractivity contribution in [2.45, 2.75) is 12.8 Å². The van der Waals surface area contributed by atoms with Crippen LogP contribution in [0.5, 0.6) is 0 Å². The van der Waals surface area contributed by atoms with Crippen LogP contribution in [0.4, 0.5) is 11.4 Å². The largest absolute Gasteiger partial charge is 0.457 e. The topological polar surface area (TPSA) is 71.3 Å². The molecule has 1 aromatic heterocycles. The number of furan rings is 1. The zero-order valence-corrected chi connectivity index (χ0v) is 12.6. The van der Waals surface area contributed by atoms with Crippen LogP contribution in [-0.4, -0.2) is 11.8 Å². The number of carbonyl (C=O) groups is 2. The summed E-state index contributed by atoms with van der Waals surface area (Å²) in [7, 11) is 0. The first-order chi connectivity index (χ1) is 10.1. The summed E-state index contributed by atoms with van der Waals surface area (Å²) in [5.41, 5.74) is 1.71. The second kappa shape index (κ2) is 5.73. The zero-order valence-electron chi connectivity index (χ0n) is 11.1. The van der Waals surface area contributed by atoms with Gasteiger partial charge in [-0.3, -0.25) is 9.59 Å². The lowest BCUT2D eigenvalue weighted by Crippen LogP contribution is -2.14. The van der Waals surface area contributed by atoms with Crippen LogP contribution < -0.4 is 10.6 Å². The van der Waals surface area contributed by atoms with E-state index in [1.165, 1.54) is 6.26 Å². The Balaban J connectivity index is 1.69. The van der Waals surface area contributed by atoms with E-state index in [0.29, 0.717) is 21.6 Å². The maximum absolute atomic E-state index is 12.1. The van der Waals surface area contributed by atoms with Gasteiger partial charge < -0.3 is 15.1 Å². The molecule has 1 saturated carbocycles. The van der Waals surface area contributed by atoms with Crippen LogP contribution in [0.2, 0.25) is 0 Å². The van der Waals surface area contributed by atoms with Crippen molar-refractivity contribution in [2.75, 3.05) is 10.6 Å². The summed E-state index contributed by atoms with van der Waals surface area (Å²) in [6.07, 6.45) is 3.35. The lowest BCUT2D eigenvalue weighted by Gasteiger charge is -2.08. The van der Waals surface area contributed by atoms with Gasteiger partial charge in [-0.2, -0.15) is 0 Å². The highest BCUT2D eigenvalue weighted by Crippen LogP contribution is 2.30. The summed E-state index contributed by atoms with van der Waals surface area (Å²) in [4.78, 5) is 23.8. The fourth-order valence-electron chi connectivity index (χ4n) is 1.92. The molecule has 1 aliphatic rings. The molecule has 108 valence electrons. The number of rotatable bonds is 4. The van der Waals surface area contributed by atoms with Gasteiger partial charge in [0.25, 0.3) is 5.91 Å². The van der Waals surface area contributed by atoms with Crippen LogP contribution in [0, 0.1) is 5.92 Å². The molecule has 0 aliphatic heterocycles. The van der Waals surface area contributed by atoms with Crippen LogP contribution in [0.25, 0.3) is 0 Å². The number of anilines is 2. The first-order valence-corrected chi connectivity index (χ1v) is 7.38. The Labute approximate surface area is 129 Å². The number of hydrogen-bond donors (Lipinski definition) is 2. The third-order valence-electron chi connectivity index (χ3n) is 3.20. The van der Waals surface area contributed by atoms with Crippen molar-refractivity contribution >= 4 is 39.1 Å². The molecule has 5 nitrogen and oxygen atoms in total. The van der Waals surface area contributed by atoms with Gasteiger partial charge in [-0.15, -0.1) is 0 Å². The van der Waals surface area contributed by atoms with E-state index in [1.807, 2.05) is 0 Å². The molecular weight excluding hydrogens is 336 g/mol. The number of carbonyl (C=O) groups excluding carboxylic acids is 2. The van der Waals surface area contributed by atoms with Gasteiger partial charge >= 0.3 is 0 Å². The first kappa shape index (κ1) is 13.9. The van der Waals surface area contributed by atoms with E-state index in [1.54, 1.807) is 30.3 Å². The predicted molar refractivity (Wildman–Crippen MR) is 82.2 cm³/mol. The Bertz CT molecular complexity index is 692. The fraction of sp³-hybridized carbons (Fsp3) is 0.200. The highest BCUT2D eigenvalue weighted by Gasteiger charge is 2.29. The minimum Gasteiger partial charge on any atom is -0.457 e. The predicted octanol–water partition coefficient (Wildman–Crippen LogP) is 3.64. The number of nitrogens with one attached hydrogen (secondary N) is 2. The van der Waals surface area contributed by atoms with Gasteiger partial charge in [0, 0.05) is 17.3 Å². The minimum absolute atomic E-state index is 0.0380. The maximum atomic E-state index is 12.1. The van der Waals surface area contributed by atoms with Crippen LogP contribution in [-0.2, 0) is 4.79 Å². The van der Waals surface area contributed by atoms with Gasteiger partial charge in [0.2, 0.25) is 5.91 Å². The molecule has 0 saturated heterocycles. The fourth-order valence-corrected chi connectivity index (χ4v) is 2.34. The van der Waals surface area contributed by atoms with Gasteiger partial charge in [0.15, 0.2) is 4.67 Å². The van der Waals surface area contributed by atoms with Crippen LogP contribution in [0.3, 0.4) is 0 Å². The lowest BCUT2D eigenvalue weighted by molar-refractivity contribution is -0.117. The van der Waals surface area contributed by atoms with Gasteiger partial charge in [-0.25, -0.2) is 0 Å². The summed E-state index contributed by atoms with van der Waals surface area (Å²) < 4.78 is 5.42. The summed E-state index contributed by atoms with van der Waals surface area (Å²) in [6, 6.07) is 8.65. The maximum Gasteiger partial charge on any atom is 0.260 e. The molecule has 21 heavy (non-hydrogen) atoms. The molecule has 2 amide bonds. The molecule has 0 radical (unpaired) electrons. The normalized spacial score (nSPS) is 13.8. The number of benzene rings is 1. The monoisotopic (exact) mass is 348 g/mol. The summed E-state index contributed by atoms with van der Waals surface area (Å²) >= 11 is 3.17. The second-order valence-electron chi connectivity index (χ2n) is 4.91. The van der Waals surface area contributed by atoms with Crippen molar-refractivity contribution in [1.29, 1.82) is 0 Å². The Hall–Kier alpha value is -2.08. The van der Waals surface area contributed by atoms with E-state index in [2.05, 4.69) is 26.6 Å². The van der Waals surface area contributed by atoms with Gasteiger partial charge in [-0.1, -0.05) is 6.07 Å². The van der Waals surface area contributed by atoms with E-state index in [4.69, 9.17) is 4.42 Å². The molecule has 1 fully saturated rings. The van der Waals surface area contributed by atoms with Crippen molar-refractivity contribution in [2.24, 2.45) is 5.92 Å². The highest BCUT2D eigenvalue weighted by atomic mass is 79.9. The molecule has 0 unspecified atom stereocenters. The molecule has 6 heteroatoms. The number of amides is 2. The second-order valence-corrected chi connectivity index (χ2v) is 5.63. The number of hydrogen-bond acceptors (Lipinski definition) is 3. The third kappa shape index (κ3) is 3.33. The average Bonchev–Trinajstić information content (AvgIpc) is 3.21. The lowest BCUT2D eigenvalue weighted by atomic mass is 10.2. The first-order valence-electron chi connectivity index (χ1n) is 6.59.